The van der Waals surface area contributed by atoms with Crippen LogP contribution in [0.2, 0.25) is 0 Å². The molecule has 2 amide bonds. The average molecular weight is 504 g/mol. The number of hydrogen-bond acceptors (Lipinski definition) is 6. The summed E-state index contributed by atoms with van der Waals surface area (Å²) in [6.07, 6.45) is 2.19. The van der Waals surface area contributed by atoms with Crippen molar-refractivity contribution in [1.29, 1.82) is 0 Å². The molecule has 0 saturated carbocycles. The highest BCUT2D eigenvalue weighted by atomic mass is 16.5. The number of ether oxygens (including phenoxy) is 2. The number of nitrogens with zero attached hydrogens (tertiary/aromatic N) is 2. The first-order chi connectivity index (χ1) is 18.0. The van der Waals surface area contributed by atoms with Crippen molar-refractivity contribution in [3.05, 3.63) is 77.0 Å². The number of carbonyl (C=O) groups is 3. The molecule has 8 nitrogen and oxygen atoms in total. The number of aryl methyl sites for hydroxylation is 1. The quantitative estimate of drug-likeness (QED) is 0.530. The van der Waals surface area contributed by atoms with Gasteiger partial charge in [-0.3, -0.25) is 19.3 Å². The van der Waals surface area contributed by atoms with Gasteiger partial charge in [-0.05, 0) is 48.6 Å². The van der Waals surface area contributed by atoms with E-state index in [0.29, 0.717) is 61.4 Å². The molecular weight excluding hydrogens is 470 g/mol. The summed E-state index contributed by atoms with van der Waals surface area (Å²) in [5.41, 5.74) is 3.87. The first kappa shape index (κ1) is 25.2. The lowest BCUT2D eigenvalue weighted by atomic mass is 9.99. The summed E-state index contributed by atoms with van der Waals surface area (Å²) < 4.78 is 11.3. The predicted molar refractivity (Wildman–Crippen MR) is 138 cm³/mol. The smallest absolute Gasteiger partial charge is 0.255 e. The van der Waals surface area contributed by atoms with Crippen LogP contribution in [0.4, 0.5) is 0 Å². The third kappa shape index (κ3) is 5.92. The number of rotatable bonds is 9. The number of fused-ring (bicyclic) bond motifs is 1. The van der Waals surface area contributed by atoms with Crippen LogP contribution in [-0.4, -0.2) is 72.9 Å². The molecule has 194 valence electrons. The lowest BCUT2D eigenvalue weighted by molar-refractivity contribution is -0.126. The zero-order valence-electron chi connectivity index (χ0n) is 21.0. The number of carbonyl (C=O) groups excluding carboxylic acids is 3. The van der Waals surface area contributed by atoms with Crippen LogP contribution in [0.15, 0.2) is 54.7 Å². The van der Waals surface area contributed by atoms with Crippen molar-refractivity contribution in [2.45, 2.75) is 38.3 Å². The van der Waals surface area contributed by atoms with Gasteiger partial charge in [-0.15, -0.1) is 0 Å². The summed E-state index contributed by atoms with van der Waals surface area (Å²) in [6, 6.07) is 12.6. The molecule has 2 saturated heterocycles. The maximum Gasteiger partial charge on any atom is 0.255 e. The summed E-state index contributed by atoms with van der Waals surface area (Å²) in [5.74, 6) is 0.466. The molecule has 3 aliphatic heterocycles. The normalized spacial score (nSPS) is 20.1. The van der Waals surface area contributed by atoms with E-state index in [0.717, 1.165) is 44.0 Å². The Hall–Kier alpha value is -3.49. The van der Waals surface area contributed by atoms with Crippen LogP contribution in [0, 0.1) is 0 Å². The van der Waals surface area contributed by atoms with Crippen molar-refractivity contribution >= 4 is 17.6 Å². The number of hydrogen-bond donors (Lipinski definition) is 1. The van der Waals surface area contributed by atoms with Gasteiger partial charge in [-0.1, -0.05) is 30.8 Å². The third-order valence-electron chi connectivity index (χ3n) is 7.28. The van der Waals surface area contributed by atoms with Gasteiger partial charge >= 0.3 is 0 Å². The molecule has 0 radical (unpaired) electrons. The minimum absolute atomic E-state index is 0.0518. The highest BCUT2D eigenvalue weighted by Crippen LogP contribution is 2.29. The van der Waals surface area contributed by atoms with Gasteiger partial charge in [-0.25, -0.2) is 0 Å². The Morgan fingerprint density at radius 2 is 1.97 bits per heavy atom. The van der Waals surface area contributed by atoms with Gasteiger partial charge in [0.25, 0.3) is 5.91 Å². The van der Waals surface area contributed by atoms with Crippen LogP contribution >= 0.6 is 0 Å². The number of allylic oxidation sites excluding steroid dienone is 1. The molecule has 1 unspecified atom stereocenters. The molecule has 37 heavy (non-hydrogen) atoms. The van der Waals surface area contributed by atoms with Crippen molar-refractivity contribution in [2.24, 2.45) is 0 Å². The zero-order valence-corrected chi connectivity index (χ0v) is 21.0. The van der Waals surface area contributed by atoms with Crippen molar-refractivity contribution < 1.29 is 23.9 Å². The van der Waals surface area contributed by atoms with E-state index < -0.39 is 6.04 Å². The molecule has 0 spiro atoms. The van der Waals surface area contributed by atoms with E-state index in [1.54, 1.807) is 4.90 Å². The average Bonchev–Trinajstić information content (AvgIpc) is 3.23. The van der Waals surface area contributed by atoms with Gasteiger partial charge in [0, 0.05) is 49.4 Å². The van der Waals surface area contributed by atoms with Crippen molar-refractivity contribution in [3.63, 3.8) is 0 Å². The fourth-order valence-corrected chi connectivity index (χ4v) is 5.14. The fourth-order valence-electron chi connectivity index (χ4n) is 5.14. The summed E-state index contributed by atoms with van der Waals surface area (Å²) in [4.78, 5) is 42.2. The van der Waals surface area contributed by atoms with Crippen LogP contribution in [0.3, 0.4) is 0 Å². The predicted octanol–water partition coefficient (Wildman–Crippen LogP) is 2.96. The number of morpholine rings is 1. The minimum Gasteiger partial charge on any atom is -0.492 e. The molecule has 2 aromatic rings. The lowest BCUT2D eigenvalue weighted by Gasteiger charge is -2.30. The first-order valence-electron chi connectivity index (χ1n) is 13.0. The fraction of sp³-hybridized carbons (Fsp3) is 0.414. The topological polar surface area (TPSA) is 88.2 Å². The number of ketones is 1. The van der Waals surface area contributed by atoms with Gasteiger partial charge in [0.1, 0.15) is 18.4 Å². The van der Waals surface area contributed by atoms with Crippen molar-refractivity contribution in [2.75, 3.05) is 39.5 Å². The Bertz CT molecular complexity index is 1200. The van der Waals surface area contributed by atoms with E-state index in [1.807, 2.05) is 42.5 Å². The van der Waals surface area contributed by atoms with Crippen LogP contribution in [-0.2, 0) is 22.5 Å². The molecule has 8 heteroatoms. The number of benzene rings is 2. The molecule has 0 aromatic heterocycles. The second-order valence-electron chi connectivity index (χ2n) is 9.83. The molecule has 3 heterocycles. The van der Waals surface area contributed by atoms with E-state index in [9.17, 15) is 14.4 Å². The van der Waals surface area contributed by atoms with Crippen molar-refractivity contribution in [1.82, 2.24) is 15.1 Å². The lowest BCUT2D eigenvalue weighted by Crippen LogP contribution is -2.49. The summed E-state index contributed by atoms with van der Waals surface area (Å²) >= 11 is 0. The van der Waals surface area contributed by atoms with E-state index in [-0.39, 0.29) is 17.6 Å². The molecule has 2 fully saturated rings. The number of nitrogens with one attached hydrogen (secondary N) is 1. The van der Waals surface area contributed by atoms with Gasteiger partial charge in [0.05, 0.1) is 13.2 Å². The molecule has 2 aromatic carbocycles. The second-order valence-corrected chi connectivity index (χ2v) is 9.83. The summed E-state index contributed by atoms with van der Waals surface area (Å²) in [6.45, 7) is 8.98. The van der Waals surface area contributed by atoms with Gasteiger partial charge in [0.15, 0.2) is 5.78 Å². The molecule has 0 bridgehead atoms. The molecule has 5 rings (SSSR count). The third-order valence-corrected chi connectivity index (χ3v) is 7.28. The van der Waals surface area contributed by atoms with Gasteiger partial charge in [0.2, 0.25) is 5.91 Å². The Kier molecular flexibility index (Phi) is 7.67. The monoisotopic (exact) mass is 503 g/mol. The second kappa shape index (κ2) is 11.3. The Morgan fingerprint density at radius 3 is 2.78 bits per heavy atom. The maximum atomic E-state index is 12.9. The summed E-state index contributed by atoms with van der Waals surface area (Å²) in [5, 5.41) is 2.76. The van der Waals surface area contributed by atoms with Crippen LogP contribution in [0.5, 0.6) is 5.75 Å². The molecule has 0 aliphatic carbocycles. The van der Waals surface area contributed by atoms with E-state index in [1.165, 1.54) is 0 Å². The largest absolute Gasteiger partial charge is 0.492 e. The zero-order chi connectivity index (χ0) is 25.8. The number of amides is 2. The van der Waals surface area contributed by atoms with Crippen LogP contribution in [0.25, 0.3) is 0 Å². The van der Waals surface area contributed by atoms with Crippen LogP contribution in [0.1, 0.15) is 51.1 Å². The Labute approximate surface area is 217 Å². The standard InChI is InChI=1S/C29H33N3O5/c1-20-5-9-26(28(34)30-20)32-19-23-17-21(6-8-25(23)29(32)35)7-10-27(33)22-3-2-4-24(18-22)37-16-13-31-11-14-36-15-12-31/h2-4,6,8,17-18,26H,1,5,7,9-16,19H2,(H,30,34). The highest BCUT2D eigenvalue weighted by molar-refractivity contribution is 6.01. The van der Waals surface area contributed by atoms with Gasteiger partial charge < -0.3 is 19.7 Å². The number of Topliss-reactive ketones (excluding diaryl/α,β-unsaturated/α-hetero) is 1. The van der Waals surface area contributed by atoms with Gasteiger partial charge in [-0.2, -0.15) is 0 Å². The Balaban J connectivity index is 1.15. The van der Waals surface area contributed by atoms with E-state index in [2.05, 4.69) is 16.8 Å². The van der Waals surface area contributed by atoms with Crippen molar-refractivity contribution in [3.8, 4) is 5.75 Å². The number of piperidine rings is 1. The molecule has 1 atom stereocenters. The molecule has 3 aliphatic rings. The minimum atomic E-state index is -0.473. The summed E-state index contributed by atoms with van der Waals surface area (Å²) in [7, 11) is 0. The Morgan fingerprint density at radius 1 is 1.14 bits per heavy atom. The van der Waals surface area contributed by atoms with E-state index >= 15 is 0 Å². The molecular formula is C29H33N3O5. The van der Waals surface area contributed by atoms with Crippen LogP contribution < -0.4 is 10.1 Å². The first-order valence-corrected chi connectivity index (χ1v) is 13.0. The highest BCUT2D eigenvalue weighted by Gasteiger charge is 2.38. The maximum absolute atomic E-state index is 12.9. The SMILES string of the molecule is C=C1CCC(N2Cc3cc(CCC(=O)c4cccc(OCCN5CCOCC5)c4)ccc3C2=O)C(=O)N1. The van der Waals surface area contributed by atoms with E-state index in [4.69, 9.17) is 9.47 Å². The molecule has 1 N–H and O–H groups in total.